The molecular weight excluding hydrogens is 340 g/mol. The SMILES string of the molecule is COc1ccc(Nc2nccc(C(=O)N3c4ccccc4CC3C)n2)cc1. The zero-order chi connectivity index (χ0) is 18.8. The van der Waals surface area contributed by atoms with E-state index in [1.807, 2.05) is 47.4 Å². The fourth-order valence-electron chi connectivity index (χ4n) is 3.34. The van der Waals surface area contributed by atoms with Crippen molar-refractivity contribution >= 4 is 23.2 Å². The van der Waals surface area contributed by atoms with Gasteiger partial charge in [-0.3, -0.25) is 4.79 Å². The summed E-state index contributed by atoms with van der Waals surface area (Å²) in [6.07, 6.45) is 2.45. The van der Waals surface area contributed by atoms with Gasteiger partial charge in [0, 0.05) is 23.6 Å². The zero-order valence-corrected chi connectivity index (χ0v) is 15.2. The summed E-state index contributed by atoms with van der Waals surface area (Å²) in [5.74, 6) is 1.03. The van der Waals surface area contributed by atoms with Crippen LogP contribution in [0.15, 0.2) is 60.8 Å². The Morgan fingerprint density at radius 3 is 2.70 bits per heavy atom. The van der Waals surface area contributed by atoms with Crippen LogP contribution in [-0.4, -0.2) is 29.0 Å². The predicted octanol–water partition coefficient (Wildman–Crippen LogP) is 3.82. The third-order valence-electron chi connectivity index (χ3n) is 4.65. The minimum atomic E-state index is -0.118. The molecule has 1 aliphatic heterocycles. The summed E-state index contributed by atoms with van der Waals surface area (Å²) in [6, 6.07) is 17.2. The topological polar surface area (TPSA) is 67.3 Å². The Kier molecular flexibility index (Phi) is 4.46. The lowest BCUT2D eigenvalue weighted by Crippen LogP contribution is -2.36. The van der Waals surface area contributed by atoms with Gasteiger partial charge in [0.05, 0.1) is 7.11 Å². The number of fused-ring (bicyclic) bond motifs is 1. The number of para-hydroxylation sites is 1. The number of hydrogen-bond donors (Lipinski definition) is 1. The van der Waals surface area contributed by atoms with Gasteiger partial charge < -0.3 is 15.0 Å². The van der Waals surface area contributed by atoms with Gasteiger partial charge >= 0.3 is 0 Å². The van der Waals surface area contributed by atoms with Crippen molar-refractivity contribution in [2.75, 3.05) is 17.3 Å². The molecule has 0 radical (unpaired) electrons. The van der Waals surface area contributed by atoms with Crippen molar-refractivity contribution in [3.63, 3.8) is 0 Å². The van der Waals surface area contributed by atoms with E-state index >= 15 is 0 Å². The zero-order valence-electron chi connectivity index (χ0n) is 15.2. The van der Waals surface area contributed by atoms with Crippen LogP contribution in [-0.2, 0) is 6.42 Å². The van der Waals surface area contributed by atoms with Crippen molar-refractivity contribution in [1.82, 2.24) is 9.97 Å². The molecule has 1 N–H and O–H groups in total. The molecular formula is C21H20N4O2. The number of ether oxygens (including phenoxy) is 1. The third kappa shape index (κ3) is 3.33. The summed E-state index contributed by atoms with van der Waals surface area (Å²) >= 11 is 0. The van der Waals surface area contributed by atoms with E-state index in [0.717, 1.165) is 23.5 Å². The number of anilines is 3. The molecule has 3 aromatic rings. The average Bonchev–Trinajstić information content (AvgIpc) is 3.04. The van der Waals surface area contributed by atoms with E-state index in [1.165, 1.54) is 5.56 Å². The molecule has 6 heteroatoms. The highest BCUT2D eigenvalue weighted by molar-refractivity contribution is 6.06. The highest BCUT2D eigenvalue weighted by Crippen LogP contribution is 2.32. The normalized spacial score (nSPS) is 15.3. The van der Waals surface area contributed by atoms with Gasteiger partial charge in [0.15, 0.2) is 0 Å². The monoisotopic (exact) mass is 360 g/mol. The van der Waals surface area contributed by atoms with Gasteiger partial charge in [-0.1, -0.05) is 18.2 Å². The van der Waals surface area contributed by atoms with E-state index in [9.17, 15) is 4.79 Å². The Balaban J connectivity index is 1.57. The molecule has 1 aliphatic rings. The first-order valence-electron chi connectivity index (χ1n) is 8.81. The summed E-state index contributed by atoms with van der Waals surface area (Å²) in [4.78, 5) is 23.6. The second kappa shape index (κ2) is 7.07. The van der Waals surface area contributed by atoms with Crippen LogP contribution in [0.25, 0.3) is 0 Å². The molecule has 1 aromatic heterocycles. The number of rotatable bonds is 4. The minimum Gasteiger partial charge on any atom is -0.497 e. The molecule has 136 valence electrons. The number of methoxy groups -OCH3 is 1. The Labute approximate surface area is 157 Å². The van der Waals surface area contributed by atoms with E-state index in [1.54, 1.807) is 19.4 Å². The van der Waals surface area contributed by atoms with E-state index in [-0.39, 0.29) is 11.9 Å². The number of amides is 1. The maximum absolute atomic E-state index is 13.1. The van der Waals surface area contributed by atoms with Crippen molar-refractivity contribution in [3.05, 3.63) is 72.1 Å². The number of carbonyl (C=O) groups excluding carboxylic acids is 1. The van der Waals surface area contributed by atoms with Gasteiger partial charge in [0.2, 0.25) is 5.95 Å². The van der Waals surface area contributed by atoms with E-state index < -0.39 is 0 Å². The molecule has 0 spiro atoms. The number of aromatic nitrogens is 2. The second-order valence-electron chi connectivity index (χ2n) is 6.48. The molecule has 4 rings (SSSR count). The first kappa shape index (κ1) is 17.0. The Hall–Kier alpha value is -3.41. The van der Waals surface area contributed by atoms with Crippen LogP contribution in [0.1, 0.15) is 23.0 Å². The van der Waals surface area contributed by atoms with Gasteiger partial charge in [0.25, 0.3) is 5.91 Å². The molecule has 1 amide bonds. The van der Waals surface area contributed by atoms with Gasteiger partial charge in [-0.05, 0) is 55.3 Å². The summed E-state index contributed by atoms with van der Waals surface area (Å²) in [5, 5.41) is 3.12. The van der Waals surface area contributed by atoms with Crippen LogP contribution in [0.2, 0.25) is 0 Å². The number of carbonyl (C=O) groups is 1. The van der Waals surface area contributed by atoms with Crippen LogP contribution in [0.4, 0.5) is 17.3 Å². The van der Waals surface area contributed by atoms with Crippen LogP contribution in [0.3, 0.4) is 0 Å². The Morgan fingerprint density at radius 1 is 1.15 bits per heavy atom. The number of nitrogens with one attached hydrogen (secondary N) is 1. The van der Waals surface area contributed by atoms with Crippen molar-refractivity contribution in [3.8, 4) is 5.75 Å². The van der Waals surface area contributed by atoms with E-state index in [4.69, 9.17) is 4.74 Å². The number of hydrogen-bond acceptors (Lipinski definition) is 5. The lowest BCUT2D eigenvalue weighted by molar-refractivity contribution is 0.0976. The molecule has 0 fully saturated rings. The minimum absolute atomic E-state index is 0.0999. The maximum Gasteiger partial charge on any atom is 0.277 e. The van der Waals surface area contributed by atoms with E-state index in [2.05, 4.69) is 28.3 Å². The fraction of sp³-hybridized carbons (Fsp3) is 0.190. The highest BCUT2D eigenvalue weighted by Gasteiger charge is 2.31. The van der Waals surface area contributed by atoms with Crippen molar-refractivity contribution in [2.45, 2.75) is 19.4 Å². The van der Waals surface area contributed by atoms with Crippen molar-refractivity contribution in [2.24, 2.45) is 0 Å². The van der Waals surface area contributed by atoms with Crippen LogP contribution >= 0.6 is 0 Å². The van der Waals surface area contributed by atoms with Gasteiger partial charge in [0.1, 0.15) is 11.4 Å². The quantitative estimate of drug-likeness (QED) is 0.766. The van der Waals surface area contributed by atoms with Gasteiger partial charge in [-0.25, -0.2) is 9.97 Å². The lowest BCUT2D eigenvalue weighted by atomic mass is 10.1. The van der Waals surface area contributed by atoms with E-state index in [0.29, 0.717) is 11.6 Å². The number of benzene rings is 2. The number of nitrogens with zero attached hydrogens (tertiary/aromatic N) is 3. The lowest BCUT2D eigenvalue weighted by Gasteiger charge is -2.22. The molecule has 0 saturated carbocycles. The van der Waals surface area contributed by atoms with Gasteiger partial charge in [-0.2, -0.15) is 0 Å². The molecule has 2 heterocycles. The molecule has 6 nitrogen and oxygen atoms in total. The summed E-state index contributed by atoms with van der Waals surface area (Å²) < 4.78 is 5.16. The second-order valence-corrected chi connectivity index (χ2v) is 6.48. The first-order valence-corrected chi connectivity index (χ1v) is 8.81. The summed E-state index contributed by atoms with van der Waals surface area (Å²) in [6.45, 7) is 2.05. The molecule has 1 unspecified atom stereocenters. The average molecular weight is 360 g/mol. The van der Waals surface area contributed by atoms with Crippen molar-refractivity contribution < 1.29 is 9.53 Å². The summed E-state index contributed by atoms with van der Waals surface area (Å²) in [5.41, 5.74) is 3.33. The molecule has 0 aliphatic carbocycles. The van der Waals surface area contributed by atoms with Crippen LogP contribution < -0.4 is 15.0 Å². The smallest absolute Gasteiger partial charge is 0.277 e. The third-order valence-corrected chi connectivity index (χ3v) is 4.65. The van der Waals surface area contributed by atoms with Gasteiger partial charge in [-0.15, -0.1) is 0 Å². The highest BCUT2D eigenvalue weighted by atomic mass is 16.5. The predicted molar refractivity (Wildman–Crippen MR) is 105 cm³/mol. The molecule has 27 heavy (non-hydrogen) atoms. The summed E-state index contributed by atoms with van der Waals surface area (Å²) in [7, 11) is 1.62. The van der Waals surface area contributed by atoms with Crippen LogP contribution in [0, 0.1) is 0 Å². The Morgan fingerprint density at radius 2 is 1.93 bits per heavy atom. The first-order chi connectivity index (χ1) is 13.2. The maximum atomic E-state index is 13.1. The largest absolute Gasteiger partial charge is 0.497 e. The Bertz CT molecular complexity index is 972. The molecule has 1 atom stereocenters. The standard InChI is InChI=1S/C21H20N4O2/c1-14-13-15-5-3-4-6-19(15)25(14)20(26)18-11-12-22-21(24-18)23-16-7-9-17(27-2)10-8-16/h3-12,14H,13H2,1-2H3,(H,22,23,24). The molecule has 0 saturated heterocycles. The molecule has 2 aromatic carbocycles. The van der Waals surface area contributed by atoms with Crippen LogP contribution in [0.5, 0.6) is 5.75 Å². The van der Waals surface area contributed by atoms with Crippen molar-refractivity contribution in [1.29, 1.82) is 0 Å². The fourth-order valence-corrected chi connectivity index (χ4v) is 3.34. The molecule has 0 bridgehead atoms.